The number of carbonyl (C=O) groups is 1. The van der Waals surface area contributed by atoms with Gasteiger partial charge in [0, 0.05) is 13.0 Å². The molecule has 0 aliphatic heterocycles. The Morgan fingerprint density at radius 3 is 2.68 bits per heavy atom. The largest absolute Gasteiger partial charge is 0.355 e. The summed E-state index contributed by atoms with van der Waals surface area (Å²) < 4.78 is 26.3. The molecule has 0 aromatic carbocycles. The van der Waals surface area contributed by atoms with E-state index in [0.29, 0.717) is 18.8 Å². The molecule has 1 amide bonds. The maximum absolute atomic E-state index is 12.0. The number of sulfonamides is 1. The minimum Gasteiger partial charge on any atom is -0.355 e. The second-order valence-corrected chi connectivity index (χ2v) is 5.86. The van der Waals surface area contributed by atoms with Gasteiger partial charge in [0.15, 0.2) is 5.03 Å². The zero-order chi connectivity index (χ0) is 14.5. The molecule has 0 bridgehead atoms. The van der Waals surface area contributed by atoms with Crippen molar-refractivity contribution in [1.82, 2.24) is 20.0 Å². The lowest BCUT2D eigenvalue weighted by Gasteiger charge is -2.13. The fourth-order valence-electron chi connectivity index (χ4n) is 1.41. The zero-order valence-corrected chi connectivity index (χ0v) is 12.2. The highest BCUT2D eigenvalue weighted by atomic mass is 32.2. The van der Waals surface area contributed by atoms with Gasteiger partial charge in [-0.2, -0.15) is 4.72 Å². The third kappa shape index (κ3) is 4.32. The van der Waals surface area contributed by atoms with Gasteiger partial charge in [-0.3, -0.25) is 4.79 Å². The van der Waals surface area contributed by atoms with Crippen LogP contribution in [0.2, 0.25) is 0 Å². The van der Waals surface area contributed by atoms with Crippen LogP contribution < -0.4 is 10.0 Å². The first-order valence-electron chi connectivity index (χ1n) is 6.24. The first-order valence-corrected chi connectivity index (χ1v) is 7.73. The van der Waals surface area contributed by atoms with E-state index in [4.69, 9.17) is 0 Å². The van der Waals surface area contributed by atoms with Crippen LogP contribution in [0.3, 0.4) is 0 Å². The molecule has 0 fully saturated rings. The summed E-state index contributed by atoms with van der Waals surface area (Å²) in [7, 11) is -3.75. The van der Waals surface area contributed by atoms with Crippen molar-refractivity contribution in [2.24, 2.45) is 0 Å². The number of rotatable bonds is 7. The standard InChI is InChI=1S/C11H20N4O3S/c1-4-6-12-11(16)8(3)15-19(17,18)10-7-13-9(5-2)14-10/h7-8,15H,4-6H2,1-3H3,(H,12,16)(H,13,14). The SMILES string of the molecule is CCCNC(=O)C(C)NS(=O)(=O)c1cnc(CC)[nH]1. The Labute approximate surface area is 113 Å². The van der Waals surface area contributed by atoms with Gasteiger partial charge in [0.1, 0.15) is 5.82 Å². The molecular weight excluding hydrogens is 268 g/mol. The van der Waals surface area contributed by atoms with Crippen molar-refractivity contribution >= 4 is 15.9 Å². The number of aromatic amines is 1. The number of aryl methyl sites for hydroxylation is 1. The number of nitrogens with one attached hydrogen (secondary N) is 3. The predicted molar refractivity (Wildman–Crippen MR) is 71.0 cm³/mol. The predicted octanol–water partition coefficient (Wildman–Crippen LogP) is 0.165. The summed E-state index contributed by atoms with van der Waals surface area (Å²) in [4.78, 5) is 18.2. The molecule has 1 aromatic rings. The van der Waals surface area contributed by atoms with E-state index in [1.165, 1.54) is 13.1 Å². The molecule has 0 radical (unpaired) electrons. The van der Waals surface area contributed by atoms with Gasteiger partial charge in [0.2, 0.25) is 5.91 Å². The number of imidazole rings is 1. The quantitative estimate of drug-likeness (QED) is 0.665. The Hall–Kier alpha value is -1.41. The monoisotopic (exact) mass is 288 g/mol. The van der Waals surface area contributed by atoms with E-state index in [9.17, 15) is 13.2 Å². The molecule has 1 heterocycles. The van der Waals surface area contributed by atoms with Crippen LogP contribution in [0.5, 0.6) is 0 Å². The van der Waals surface area contributed by atoms with Crippen LogP contribution in [0.4, 0.5) is 0 Å². The van der Waals surface area contributed by atoms with E-state index in [2.05, 4.69) is 20.0 Å². The van der Waals surface area contributed by atoms with Gasteiger partial charge < -0.3 is 10.3 Å². The van der Waals surface area contributed by atoms with Crippen molar-refractivity contribution in [2.45, 2.75) is 44.7 Å². The van der Waals surface area contributed by atoms with Crippen molar-refractivity contribution in [2.75, 3.05) is 6.54 Å². The molecule has 0 aliphatic rings. The van der Waals surface area contributed by atoms with E-state index in [0.717, 1.165) is 6.42 Å². The number of hydrogen-bond acceptors (Lipinski definition) is 4. The number of amides is 1. The lowest BCUT2D eigenvalue weighted by molar-refractivity contribution is -0.122. The molecule has 0 saturated heterocycles. The Morgan fingerprint density at radius 1 is 1.47 bits per heavy atom. The molecule has 19 heavy (non-hydrogen) atoms. The van der Waals surface area contributed by atoms with Crippen molar-refractivity contribution < 1.29 is 13.2 Å². The van der Waals surface area contributed by atoms with E-state index < -0.39 is 16.1 Å². The van der Waals surface area contributed by atoms with Crippen molar-refractivity contribution in [3.05, 3.63) is 12.0 Å². The van der Waals surface area contributed by atoms with E-state index >= 15 is 0 Å². The molecule has 0 aliphatic carbocycles. The normalized spacial score (nSPS) is 13.2. The summed E-state index contributed by atoms with van der Waals surface area (Å²) in [6.07, 6.45) is 2.66. The van der Waals surface area contributed by atoms with Crippen molar-refractivity contribution in [1.29, 1.82) is 0 Å². The molecule has 7 nitrogen and oxygen atoms in total. The van der Waals surface area contributed by atoms with Gasteiger partial charge in [-0.05, 0) is 13.3 Å². The molecule has 8 heteroatoms. The Kier molecular flexibility index (Phi) is 5.49. The van der Waals surface area contributed by atoms with Gasteiger partial charge in [-0.15, -0.1) is 0 Å². The first kappa shape index (κ1) is 15.6. The molecule has 1 atom stereocenters. The van der Waals surface area contributed by atoms with Crippen LogP contribution in [-0.2, 0) is 21.2 Å². The summed E-state index contributed by atoms with van der Waals surface area (Å²) in [5.41, 5.74) is 0. The third-order valence-corrected chi connectivity index (χ3v) is 3.95. The molecule has 1 aromatic heterocycles. The Balaban J connectivity index is 2.71. The lowest BCUT2D eigenvalue weighted by Crippen LogP contribution is -2.44. The highest BCUT2D eigenvalue weighted by Crippen LogP contribution is 2.06. The number of carbonyl (C=O) groups excluding carboxylic acids is 1. The van der Waals surface area contributed by atoms with E-state index in [-0.39, 0.29) is 10.9 Å². The van der Waals surface area contributed by atoms with Gasteiger partial charge in [0.05, 0.1) is 12.2 Å². The number of hydrogen-bond donors (Lipinski definition) is 3. The third-order valence-electron chi connectivity index (χ3n) is 2.50. The number of H-pyrrole nitrogens is 1. The van der Waals surface area contributed by atoms with Crippen LogP contribution in [-0.4, -0.2) is 36.9 Å². The average molecular weight is 288 g/mol. The van der Waals surface area contributed by atoms with Crippen LogP contribution in [0.1, 0.15) is 33.0 Å². The minimum absolute atomic E-state index is 0.0282. The van der Waals surface area contributed by atoms with E-state index in [1.54, 1.807) is 0 Å². The summed E-state index contributed by atoms with van der Waals surface area (Å²) in [6.45, 7) is 5.81. The van der Waals surface area contributed by atoms with Gasteiger partial charge >= 0.3 is 0 Å². The molecule has 0 saturated carbocycles. The van der Waals surface area contributed by atoms with Crippen molar-refractivity contribution in [3.63, 3.8) is 0 Å². The summed E-state index contributed by atoms with van der Waals surface area (Å²) in [5.74, 6) is 0.240. The number of nitrogens with zero attached hydrogens (tertiary/aromatic N) is 1. The Bertz CT molecular complexity index is 524. The fraction of sp³-hybridized carbons (Fsp3) is 0.636. The maximum Gasteiger partial charge on any atom is 0.258 e. The molecular formula is C11H20N4O3S. The van der Waals surface area contributed by atoms with Crippen LogP contribution >= 0.6 is 0 Å². The van der Waals surface area contributed by atoms with Crippen LogP contribution in [0, 0.1) is 0 Å². The summed E-state index contributed by atoms with van der Waals surface area (Å²) in [5, 5.41) is 2.60. The van der Waals surface area contributed by atoms with Gasteiger partial charge in [-0.1, -0.05) is 13.8 Å². The minimum atomic E-state index is -3.75. The van der Waals surface area contributed by atoms with E-state index in [1.807, 2.05) is 13.8 Å². The molecule has 3 N–H and O–H groups in total. The molecule has 108 valence electrons. The topological polar surface area (TPSA) is 104 Å². The first-order chi connectivity index (χ1) is 8.90. The van der Waals surface area contributed by atoms with Crippen LogP contribution in [0.25, 0.3) is 0 Å². The second kappa shape index (κ2) is 6.67. The molecule has 1 unspecified atom stereocenters. The number of aromatic nitrogens is 2. The molecule has 1 rings (SSSR count). The Morgan fingerprint density at radius 2 is 2.16 bits per heavy atom. The van der Waals surface area contributed by atoms with Crippen LogP contribution in [0.15, 0.2) is 11.2 Å². The zero-order valence-electron chi connectivity index (χ0n) is 11.4. The maximum atomic E-state index is 12.0. The summed E-state index contributed by atoms with van der Waals surface area (Å²) >= 11 is 0. The van der Waals surface area contributed by atoms with Crippen molar-refractivity contribution in [3.8, 4) is 0 Å². The second-order valence-electron chi connectivity index (χ2n) is 4.18. The smallest absolute Gasteiger partial charge is 0.258 e. The fourth-order valence-corrected chi connectivity index (χ4v) is 2.55. The molecule has 0 spiro atoms. The average Bonchev–Trinajstić information content (AvgIpc) is 2.84. The highest BCUT2D eigenvalue weighted by molar-refractivity contribution is 7.89. The van der Waals surface area contributed by atoms with Gasteiger partial charge in [0.25, 0.3) is 10.0 Å². The van der Waals surface area contributed by atoms with Gasteiger partial charge in [-0.25, -0.2) is 13.4 Å². The lowest BCUT2D eigenvalue weighted by atomic mass is 10.3. The highest BCUT2D eigenvalue weighted by Gasteiger charge is 2.23. The summed E-state index contributed by atoms with van der Waals surface area (Å²) in [6, 6.07) is -0.829.